The van der Waals surface area contributed by atoms with Gasteiger partial charge >= 0.3 is 0 Å². The third kappa shape index (κ3) is 4.11. The summed E-state index contributed by atoms with van der Waals surface area (Å²) in [6.45, 7) is 2.82. The molecule has 0 fully saturated rings. The van der Waals surface area contributed by atoms with Gasteiger partial charge < -0.3 is 5.32 Å². The first-order valence-electron chi connectivity index (χ1n) is 7.27. The predicted octanol–water partition coefficient (Wildman–Crippen LogP) is 3.37. The van der Waals surface area contributed by atoms with E-state index in [1.807, 2.05) is 20.0 Å². The Morgan fingerprint density at radius 2 is 2.10 bits per heavy atom. The summed E-state index contributed by atoms with van der Waals surface area (Å²) >= 11 is 0. The van der Waals surface area contributed by atoms with E-state index in [9.17, 15) is 8.78 Å². The predicted molar refractivity (Wildman–Crippen MR) is 78.9 cm³/mol. The molecule has 1 atom stereocenters. The van der Waals surface area contributed by atoms with Gasteiger partial charge in [-0.1, -0.05) is 6.92 Å². The molecule has 1 N–H and O–H groups in total. The lowest BCUT2D eigenvalue weighted by atomic mass is 10.00. The third-order valence-electron chi connectivity index (χ3n) is 3.59. The summed E-state index contributed by atoms with van der Waals surface area (Å²) in [6, 6.07) is 5.37. The molecular formula is C16H21F2N3. The van der Waals surface area contributed by atoms with Crippen molar-refractivity contribution in [3.05, 3.63) is 53.4 Å². The highest BCUT2D eigenvalue weighted by Crippen LogP contribution is 2.23. The molecule has 1 aromatic carbocycles. The maximum Gasteiger partial charge on any atom is 0.128 e. The van der Waals surface area contributed by atoms with Gasteiger partial charge in [0, 0.05) is 30.5 Å². The van der Waals surface area contributed by atoms with Crippen LogP contribution in [0, 0.1) is 11.6 Å². The first-order chi connectivity index (χ1) is 10.1. The van der Waals surface area contributed by atoms with E-state index in [0.717, 1.165) is 31.1 Å². The summed E-state index contributed by atoms with van der Waals surface area (Å²) < 4.78 is 29.2. The minimum absolute atomic E-state index is 0.199. The summed E-state index contributed by atoms with van der Waals surface area (Å²) in [5, 5.41) is 7.42. The molecule has 0 amide bonds. The third-order valence-corrected chi connectivity index (χ3v) is 3.59. The van der Waals surface area contributed by atoms with Crippen molar-refractivity contribution in [1.82, 2.24) is 15.1 Å². The number of aryl methyl sites for hydroxylation is 2. The zero-order valence-corrected chi connectivity index (χ0v) is 12.4. The topological polar surface area (TPSA) is 29.9 Å². The first kappa shape index (κ1) is 15.6. The molecule has 3 nitrogen and oxygen atoms in total. The van der Waals surface area contributed by atoms with E-state index in [4.69, 9.17) is 0 Å². The van der Waals surface area contributed by atoms with Crippen molar-refractivity contribution in [1.29, 1.82) is 0 Å². The molecule has 1 unspecified atom stereocenters. The van der Waals surface area contributed by atoms with E-state index < -0.39 is 5.82 Å². The summed E-state index contributed by atoms with van der Waals surface area (Å²) in [5.41, 5.74) is 1.47. The van der Waals surface area contributed by atoms with Gasteiger partial charge in [0.05, 0.1) is 0 Å². The van der Waals surface area contributed by atoms with Gasteiger partial charge in [0.15, 0.2) is 0 Å². The molecule has 0 saturated carbocycles. The van der Waals surface area contributed by atoms with Crippen molar-refractivity contribution in [2.75, 3.05) is 6.54 Å². The van der Waals surface area contributed by atoms with Crippen molar-refractivity contribution >= 4 is 0 Å². The number of halogens is 2. The molecule has 0 radical (unpaired) electrons. The van der Waals surface area contributed by atoms with E-state index in [0.29, 0.717) is 12.0 Å². The number of hydrogen-bond donors (Lipinski definition) is 1. The van der Waals surface area contributed by atoms with Crippen LogP contribution < -0.4 is 5.32 Å². The zero-order valence-electron chi connectivity index (χ0n) is 12.4. The van der Waals surface area contributed by atoms with Crippen LogP contribution in [0.2, 0.25) is 0 Å². The Morgan fingerprint density at radius 1 is 1.29 bits per heavy atom. The molecule has 114 valence electrons. The standard InChI is InChI=1S/C16H21F2N3/c1-3-9-19-16(7-5-13-8-10-20-21(13)2)14-11-12(17)4-6-15(14)18/h4,6,8,10-11,16,19H,3,5,7,9H2,1-2H3. The average molecular weight is 293 g/mol. The summed E-state index contributed by atoms with van der Waals surface area (Å²) in [5.74, 6) is -0.773. The van der Waals surface area contributed by atoms with Crippen LogP contribution in [0.4, 0.5) is 8.78 Å². The van der Waals surface area contributed by atoms with Gasteiger partial charge in [-0.05, 0) is 50.1 Å². The van der Waals surface area contributed by atoms with Gasteiger partial charge in [0.2, 0.25) is 0 Å². The van der Waals surface area contributed by atoms with Gasteiger partial charge in [-0.2, -0.15) is 5.10 Å². The van der Waals surface area contributed by atoms with Gasteiger partial charge in [0.25, 0.3) is 0 Å². The lowest BCUT2D eigenvalue weighted by Crippen LogP contribution is -2.24. The second-order valence-corrected chi connectivity index (χ2v) is 5.16. The Morgan fingerprint density at radius 3 is 2.76 bits per heavy atom. The largest absolute Gasteiger partial charge is 0.310 e. The Hall–Kier alpha value is -1.75. The quantitative estimate of drug-likeness (QED) is 0.848. The number of benzene rings is 1. The number of rotatable bonds is 7. The van der Waals surface area contributed by atoms with E-state index >= 15 is 0 Å². The number of aromatic nitrogens is 2. The molecule has 5 heteroatoms. The molecule has 0 aliphatic heterocycles. The van der Waals surface area contributed by atoms with Gasteiger partial charge in [-0.25, -0.2) is 8.78 Å². The molecule has 1 heterocycles. The van der Waals surface area contributed by atoms with E-state index in [-0.39, 0.29) is 11.9 Å². The van der Waals surface area contributed by atoms with Crippen molar-refractivity contribution < 1.29 is 8.78 Å². The van der Waals surface area contributed by atoms with Crippen LogP contribution in [0.25, 0.3) is 0 Å². The molecule has 0 aliphatic carbocycles. The van der Waals surface area contributed by atoms with Crippen molar-refractivity contribution in [3.8, 4) is 0 Å². The normalized spacial score (nSPS) is 12.6. The lowest BCUT2D eigenvalue weighted by molar-refractivity contribution is 0.464. The second kappa shape index (κ2) is 7.31. The fourth-order valence-corrected chi connectivity index (χ4v) is 2.41. The molecule has 1 aromatic heterocycles. The van der Waals surface area contributed by atoms with E-state index in [1.54, 1.807) is 10.9 Å². The highest BCUT2D eigenvalue weighted by atomic mass is 19.1. The maximum absolute atomic E-state index is 14.0. The second-order valence-electron chi connectivity index (χ2n) is 5.16. The minimum atomic E-state index is -0.407. The van der Waals surface area contributed by atoms with Crippen LogP contribution in [-0.4, -0.2) is 16.3 Å². The Balaban J connectivity index is 2.13. The van der Waals surface area contributed by atoms with Crippen molar-refractivity contribution in [2.45, 2.75) is 32.2 Å². The van der Waals surface area contributed by atoms with Crippen LogP contribution in [-0.2, 0) is 13.5 Å². The Kier molecular flexibility index (Phi) is 5.44. The lowest BCUT2D eigenvalue weighted by Gasteiger charge is -2.20. The van der Waals surface area contributed by atoms with Crippen LogP contribution in [0.3, 0.4) is 0 Å². The zero-order chi connectivity index (χ0) is 15.2. The molecule has 0 bridgehead atoms. The van der Waals surface area contributed by atoms with Gasteiger partial charge in [-0.15, -0.1) is 0 Å². The number of nitrogens with zero attached hydrogens (tertiary/aromatic N) is 2. The molecule has 0 saturated heterocycles. The molecule has 21 heavy (non-hydrogen) atoms. The monoisotopic (exact) mass is 293 g/mol. The minimum Gasteiger partial charge on any atom is -0.310 e. The number of nitrogens with one attached hydrogen (secondary N) is 1. The van der Waals surface area contributed by atoms with Gasteiger partial charge in [0.1, 0.15) is 11.6 Å². The fraction of sp³-hybridized carbons (Fsp3) is 0.438. The Bertz CT molecular complexity index is 581. The first-order valence-corrected chi connectivity index (χ1v) is 7.27. The average Bonchev–Trinajstić information content (AvgIpc) is 2.87. The smallest absolute Gasteiger partial charge is 0.128 e. The molecule has 2 aromatic rings. The van der Waals surface area contributed by atoms with Crippen molar-refractivity contribution in [3.63, 3.8) is 0 Å². The van der Waals surface area contributed by atoms with Crippen LogP contribution in [0.15, 0.2) is 30.5 Å². The summed E-state index contributed by atoms with van der Waals surface area (Å²) in [6.07, 6.45) is 4.14. The summed E-state index contributed by atoms with van der Waals surface area (Å²) in [4.78, 5) is 0. The molecule has 2 rings (SSSR count). The van der Waals surface area contributed by atoms with E-state index in [2.05, 4.69) is 10.4 Å². The van der Waals surface area contributed by atoms with Gasteiger partial charge in [-0.3, -0.25) is 4.68 Å². The fourth-order valence-electron chi connectivity index (χ4n) is 2.41. The summed E-state index contributed by atoms with van der Waals surface area (Å²) in [7, 11) is 1.88. The van der Waals surface area contributed by atoms with Crippen LogP contribution in [0.1, 0.15) is 37.1 Å². The van der Waals surface area contributed by atoms with Crippen LogP contribution >= 0.6 is 0 Å². The highest BCUT2D eigenvalue weighted by molar-refractivity contribution is 5.22. The maximum atomic E-state index is 14.0. The van der Waals surface area contributed by atoms with Crippen molar-refractivity contribution in [2.24, 2.45) is 7.05 Å². The van der Waals surface area contributed by atoms with E-state index in [1.165, 1.54) is 12.1 Å². The number of hydrogen-bond acceptors (Lipinski definition) is 2. The Labute approximate surface area is 124 Å². The molecule has 0 aliphatic rings. The highest BCUT2D eigenvalue weighted by Gasteiger charge is 2.16. The SMILES string of the molecule is CCCNC(CCc1ccnn1C)c1cc(F)ccc1F. The molecular weight excluding hydrogens is 272 g/mol. The molecule has 0 spiro atoms. The van der Waals surface area contributed by atoms with Crippen LogP contribution in [0.5, 0.6) is 0 Å².